The van der Waals surface area contributed by atoms with Crippen molar-refractivity contribution in [3.8, 4) is 0 Å². The summed E-state index contributed by atoms with van der Waals surface area (Å²) >= 11 is 0. The minimum absolute atomic E-state index is 0.0997. The van der Waals surface area contributed by atoms with Crippen LogP contribution in [-0.4, -0.2) is 52.1 Å². The summed E-state index contributed by atoms with van der Waals surface area (Å²) in [6.07, 6.45) is 4.18. The molecule has 0 aliphatic carbocycles. The molecule has 1 aliphatic heterocycles. The molecule has 1 amide bonds. The first-order valence-corrected chi connectivity index (χ1v) is 10.9. The summed E-state index contributed by atoms with van der Waals surface area (Å²) in [5.74, 6) is -1.48. The summed E-state index contributed by atoms with van der Waals surface area (Å²) in [4.78, 5) is 34.8. The third-order valence-corrected chi connectivity index (χ3v) is 6.12. The molecular weight excluding hydrogens is 355 g/mol. The van der Waals surface area contributed by atoms with Crippen molar-refractivity contribution in [2.45, 2.75) is 44.6 Å². The number of carboxylic acids is 1. The van der Waals surface area contributed by atoms with Crippen LogP contribution in [0.2, 0.25) is 0 Å². The highest BCUT2D eigenvalue weighted by Gasteiger charge is 2.32. The van der Waals surface area contributed by atoms with Crippen molar-refractivity contribution in [2.24, 2.45) is 0 Å². The normalized spacial score (nSPS) is 20.4. The molecule has 0 saturated carbocycles. The number of carbonyl (C=O) groups is 2. The van der Waals surface area contributed by atoms with Crippen molar-refractivity contribution in [3.05, 3.63) is 35.9 Å². The first-order chi connectivity index (χ1) is 12.4. The van der Waals surface area contributed by atoms with Crippen molar-refractivity contribution in [2.75, 3.05) is 19.3 Å². The topological polar surface area (TPSA) is 107 Å². The van der Waals surface area contributed by atoms with Gasteiger partial charge in [0.15, 0.2) is 0 Å². The number of rotatable bonds is 9. The van der Waals surface area contributed by atoms with Crippen LogP contribution in [0.25, 0.3) is 0 Å². The van der Waals surface area contributed by atoms with Gasteiger partial charge in [0, 0.05) is 12.7 Å². The number of hydrogen-bond donors (Lipinski definition) is 3. The minimum atomic E-state index is -3.64. The summed E-state index contributed by atoms with van der Waals surface area (Å²) in [5, 5.41) is 11.5. The molecule has 0 bridgehead atoms. The molecule has 144 valence electrons. The number of carbonyl (C=O) groups excluding carboxylic acids is 1. The van der Waals surface area contributed by atoms with E-state index in [2.05, 4.69) is 5.09 Å². The van der Waals surface area contributed by atoms with E-state index in [-0.39, 0.29) is 12.7 Å². The van der Waals surface area contributed by atoms with E-state index in [1.54, 1.807) is 0 Å². The maximum Gasteiger partial charge on any atom is 0.323 e. The van der Waals surface area contributed by atoms with Crippen molar-refractivity contribution in [1.82, 2.24) is 9.99 Å². The lowest BCUT2D eigenvalue weighted by atomic mass is 10.1. The lowest BCUT2D eigenvalue weighted by molar-refractivity contribution is -0.144. The number of unbranched alkanes of at least 4 members (excludes halogenated alkanes) is 1. The fourth-order valence-corrected chi connectivity index (χ4v) is 4.66. The van der Waals surface area contributed by atoms with E-state index in [1.807, 2.05) is 30.3 Å². The molecule has 1 aromatic rings. The molecule has 0 aromatic heterocycles. The van der Waals surface area contributed by atoms with Crippen molar-refractivity contribution in [3.63, 3.8) is 0 Å². The smallest absolute Gasteiger partial charge is 0.323 e. The zero-order chi connectivity index (χ0) is 19.0. The third kappa shape index (κ3) is 6.90. The van der Waals surface area contributed by atoms with Crippen LogP contribution in [0.3, 0.4) is 0 Å². The molecule has 1 heterocycles. The van der Waals surface area contributed by atoms with E-state index >= 15 is 0 Å². The van der Waals surface area contributed by atoms with Gasteiger partial charge in [0.1, 0.15) is 6.54 Å². The zero-order valence-corrected chi connectivity index (χ0v) is 15.7. The molecule has 1 fully saturated rings. The van der Waals surface area contributed by atoms with Crippen LogP contribution >= 0.6 is 7.52 Å². The number of nitrogens with one attached hydrogen (secondary N) is 1. The Morgan fingerprint density at radius 2 is 1.96 bits per heavy atom. The van der Waals surface area contributed by atoms with Gasteiger partial charge < -0.3 is 14.9 Å². The maximum absolute atomic E-state index is 12.4. The van der Waals surface area contributed by atoms with Crippen LogP contribution in [0.4, 0.5) is 0 Å². The van der Waals surface area contributed by atoms with Crippen LogP contribution in [-0.2, 0) is 20.6 Å². The highest BCUT2D eigenvalue weighted by atomic mass is 31.2. The van der Waals surface area contributed by atoms with E-state index in [0.717, 1.165) is 12.8 Å². The monoisotopic (exact) mass is 382 g/mol. The molecule has 8 heteroatoms. The molecular formula is C18H27N2O5P. The van der Waals surface area contributed by atoms with E-state index in [0.29, 0.717) is 32.2 Å². The van der Waals surface area contributed by atoms with Crippen LogP contribution in [0, 0.1) is 0 Å². The molecule has 1 aromatic carbocycles. The van der Waals surface area contributed by atoms with Gasteiger partial charge in [-0.25, -0.2) is 5.09 Å². The summed E-state index contributed by atoms with van der Waals surface area (Å²) < 4.78 is 12.4. The van der Waals surface area contributed by atoms with Gasteiger partial charge >= 0.3 is 5.97 Å². The summed E-state index contributed by atoms with van der Waals surface area (Å²) in [6, 6.07) is 9.15. The largest absolute Gasteiger partial charge is 0.480 e. The second kappa shape index (κ2) is 9.86. The Morgan fingerprint density at radius 3 is 2.65 bits per heavy atom. The molecule has 7 nitrogen and oxygen atoms in total. The number of nitrogens with zero attached hydrogens (tertiary/aromatic N) is 1. The third-order valence-electron chi connectivity index (χ3n) is 4.48. The van der Waals surface area contributed by atoms with Gasteiger partial charge in [0.25, 0.3) is 7.52 Å². The van der Waals surface area contributed by atoms with Gasteiger partial charge in [-0.3, -0.25) is 14.2 Å². The number of benzene rings is 1. The second-order valence-corrected chi connectivity index (χ2v) is 8.81. The lowest BCUT2D eigenvalue weighted by Crippen LogP contribution is -2.46. The number of hydrogen-bond acceptors (Lipinski definition) is 3. The molecule has 1 aliphatic rings. The molecule has 0 spiro atoms. The Kier molecular flexibility index (Phi) is 7.82. The molecule has 1 saturated heterocycles. The van der Waals surface area contributed by atoms with Crippen LogP contribution in [0.1, 0.15) is 37.7 Å². The van der Waals surface area contributed by atoms with E-state index in [9.17, 15) is 19.0 Å². The van der Waals surface area contributed by atoms with E-state index in [1.165, 1.54) is 10.5 Å². The van der Waals surface area contributed by atoms with Gasteiger partial charge in [-0.05, 0) is 44.1 Å². The highest BCUT2D eigenvalue weighted by molar-refractivity contribution is 7.55. The Balaban J connectivity index is 1.83. The Morgan fingerprint density at radius 1 is 1.23 bits per heavy atom. The van der Waals surface area contributed by atoms with Crippen molar-refractivity contribution < 1.29 is 24.2 Å². The first kappa shape index (κ1) is 20.6. The number of carboxylic acid groups (broad SMARTS) is 1. The van der Waals surface area contributed by atoms with Gasteiger partial charge in [-0.1, -0.05) is 30.3 Å². The van der Waals surface area contributed by atoms with Crippen LogP contribution in [0.5, 0.6) is 0 Å². The summed E-state index contributed by atoms with van der Waals surface area (Å²) in [7, 11) is -3.64. The second-order valence-electron chi connectivity index (χ2n) is 6.70. The predicted molar refractivity (Wildman–Crippen MR) is 99.1 cm³/mol. The highest BCUT2D eigenvalue weighted by Crippen LogP contribution is 2.38. The molecule has 2 rings (SSSR count). The Hall–Kier alpha value is -1.69. The Bertz CT molecular complexity index is 652. The van der Waals surface area contributed by atoms with E-state index < -0.39 is 25.4 Å². The maximum atomic E-state index is 12.4. The fraction of sp³-hybridized carbons (Fsp3) is 0.556. The lowest BCUT2D eigenvalue weighted by Gasteiger charge is -2.25. The number of aliphatic carboxylic acids is 1. The average molecular weight is 382 g/mol. The summed E-state index contributed by atoms with van der Waals surface area (Å²) in [5.41, 5.74) is 1.19. The molecule has 0 radical (unpaired) electrons. The predicted octanol–water partition coefficient (Wildman–Crippen LogP) is 2.25. The minimum Gasteiger partial charge on any atom is -0.480 e. The van der Waals surface area contributed by atoms with E-state index in [4.69, 9.17) is 5.11 Å². The average Bonchev–Trinajstić information content (AvgIpc) is 2.75. The van der Waals surface area contributed by atoms with Crippen LogP contribution in [0.15, 0.2) is 30.3 Å². The first-order valence-electron chi connectivity index (χ1n) is 9.01. The fourth-order valence-electron chi connectivity index (χ4n) is 3.15. The van der Waals surface area contributed by atoms with Gasteiger partial charge in [0.05, 0.1) is 6.04 Å². The molecule has 3 N–H and O–H groups in total. The Labute approximate surface area is 153 Å². The van der Waals surface area contributed by atoms with Gasteiger partial charge in [-0.15, -0.1) is 0 Å². The quantitative estimate of drug-likeness (QED) is 0.447. The standard InChI is InChI=1S/C18H27N2O5P/c21-17(22)14-20-12-6-4-11-16(18(20)23)19-26(24,25)13-7-5-10-15-8-2-1-3-9-15/h1-3,8-9,16H,4-7,10-14H2,(H,21,22)(H2,19,24,25). The molecule has 2 atom stereocenters. The molecule has 2 unspecified atom stereocenters. The molecule has 26 heavy (non-hydrogen) atoms. The van der Waals surface area contributed by atoms with Gasteiger partial charge in [-0.2, -0.15) is 0 Å². The van der Waals surface area contributed by atoms with Gasteiger partial charge in [0.2, 0.25) is 5.91 Å². The zero-order valence-electron chi connectivity index (χ0n) is 14.8. The van der Waals surface area contributed by atoms with Crippen molar-refractivity contribution in [1.29, 1.82) is 0 Å². The van der Waals surface area contributed by atoms with Crippen LogP contribution < -0.4 is 5.09 Å². The number of amides is 1. The SMILES string of the molecule is O=C(O)CN1CCCCC(NP(=O)(O)CCCCc2ccccc2)C1=O. The van der Waals surface area contributed by atoms with Crippen molar-refractivity contribution >= 4 is 19.4 Å². The number of aryl methyl sites for hydroxylation is 1. The summed E-state index contributed by atoms with van der Waals surface area (Å²) in [6.45, 7) is -0.0000612. The number of likely N-dealkylation sites (tertiary alicyclic amines) is 1.